The van der Waals surface area contributed by atoms with Gasteiger partial charge in [-0.25, -0.2) is 4.98 Å². The van der Waals surface area contributed by atoms with E-state index in [1.165, 1.54) is 0 Å². The molecule has 0 amide bonds. The second-order valence-corrected chi connectivity index (χ2v) is 8.23. The molecule has 0 atom stereocenters. The quantitative estimate of drug-likeness (QED) is 0.264. The van der Waals surface area contributed by atoms with Crippen LogP contribution in [0.5, 0.6) is 29.0 Å². The lowest BCUT2D eigenvalue weighted by Gasteiger charge is -2.12. The average molecular weight is 482 g/mol. The van der Waals surface area contributed by atoms with E-state index in [2.05, 4.69) is 35.7 Å². The Bertz CT molecular complexity index is 1010. The highest BCUT2D eigenvalue weighted by atomic mass is 16.5. The molecule has 0 fully saturated rings. The number of rotatable bonds is 14. The Hall–Kier alpha value is -3.55. The SMILES string of the molecule is CCCCOc1ccc(-c2nc(OCCCC)nc(-c3ccc(OCCCC)cc3O)n2)c(O)c1. The van der Waals surface area contributed by atoms with Gasteiger partial charge in [-0.05, 0) is 43.5 Å². The molecule has 0 aliphatic heterocycles. The molecule has 0 unspecified atom stereocenters. The van der Waals surface area contributed by atoms with Gasteiger partial charge in [0.2, 0.25) is 0 Å². The maximum Gasteiger partial charge on any atom is 0.320 e. The highest BCUT2D eigenvalue weighted by Gasteiger charge is 2.17. The van der Waals surface area contributed by atoms with Crippen LogP contribution in [0.3, 0.4) is 0 Å². The fourth-order valence-corrected chi connectivity index (χ4v) is 3.22. The zero-order valence-electron chi connectivity index (χ0n) is 20.8. The summed E-state index contributed by atoms with van der Waals surface area (Å²) < 4.78 is 17.1. The molecule has 3 aromatic rings. The van der Waals surface area contributed by atoms with Gasteiger partial charge in [0.05, 0.1) is 30.9 Å². The van der Waals surface area contributed by atoms with Crippen LogP contribution in [0.15, 0.2) is 36.4 Å². The molecule has 0 saturated heterocycles. The first-order valence-corrected chi connectivity index (χ1v) is 12.4. The third-order valence-corrected chi connectivity index (χ3v) is 5.30. The Balaban J connectivity index is 1.94. The van der Waals surface area contributed by atoms with E-state index in [1.807, 2.05) is 0 Å². The van der Waals surface area contributed by atoms with Crippen molar-refractivity contribution in [3.05, 3.63) is 36.4 Å². The van der Waals surface area contributed by atoms with E-state index in [9.17, 15) is 10.2 Å². The number of aromatic nitrogens is 3. The van der Waals surface area contributed by atoms with Crippen LogP contribution in [0.4, 0.5) is 0 Å². The number of unbranched alkanes of at least 4 members (excludes halogenated alkanes) is 3. The minimum atomic E-state index is -0.0143. The Morgan fingerprint density at radius 2 is 1.03 bits per heavy atom. The van der Waals surface area contributed by atoms with Crippen LogP contribution in [0.2, 0.25) is 0 Å². The lowest BCUT2D eigenvalue weighted by molar-refractivity contribution is 0.285. The third kappa shape index (κ3) is 7.47. The van der Waals surface area contributed by atoms with Crippen molar-refractivity contribution < 1.29 is 24.4 Å². The monoisotopic (exact) mass is 481 g/mol. The van der Waals surface area contributed by atoms with E-state index >= 15 is 0 Å². The van der Waals surface area contributed by atoms with Gasteiger partial charge < -0.3 is 24.4 Å². The van der Waals surface area contributed by atoms with Crippen LogP contribution in [0.25, 0.3) is 22.8 Å². The lowest BCUT2D eigenvalue weighted by atomic mass is 10.1. The second-order valence-electron chi connectivity index (χ2n) is 8.23. The summed E-state index contributed by atoms with van der Waals surface area (Å²) in [6.07, 6.45) is 5.73. The third-order valence-electron chi connectivity index (χ3n) is 5.30. The van der Waals surface area contributed by atoms with Crippen molar-refractivity contribution in [1.82, 2.24) is 15.0 Å². The van der Waals surface area contributed by atoms with Crippen LogP contribution in [0, 0.1) is 0 Å². The van der Waals surface area contributed by atoms with Gasteiger partial charge in [0.15, 0.2) is 11.6 Å². The summed E-state index contributed by atoms with van der Waals surface area (Å²) in [5.74, 6) is 1.59. The van der Waals surface area contributed by atoms with Crippen molar-refractivity contribution in [3.8, 4) is 51.8 Å². The lowest BCUT2D eigenvalue weighted by Crippen LogP contribution is -2.05. The van der Waals surface area contributed by atoms with E-state index in [-0.39, 0.29) is 29.2 Å². The molecular weight excluding hydrogens is 446 g/mol. The minimum Gasteiger partial charge on any atom is -0.507 e. The minimum absolute atomic E-state index is 0.0143. The number of nitrogens with zero attached hydrogens (tertiary/aromatic N) is 3. The van der Waals surface area contributed by atoms with E-state index < -0.39 is 0 Å². The fraction of sp³-hybridized carbons (Fsp3) is 0.444. The molecule has 35 heavy (non-hydrogen) atoms. The topological polar surface area (TPSA) is 107 Å². The van der Waals surface area contributed by atoms with Crippen LogP contribution >= 0.6 is 0 Å². The predicted octanol–water partition coefficient (Wildman–Crippen LogP) is 6.15. The van der Waals surface area contributed by atoms with E-state index in [4.69, 9.17) is 14.2 Å². The maximum absolute atomic E-state index is 10.7. The number of hydrogen-bond acceptors (Lipinski definition) is 8. The van der Waals surface area contributed by atoms with E-state index in [0.717, 1.165) is 38.5 Å². The van der Waals surface area contributed by atoms with Crippen LogP contribution in [0.1, 0.15) is 59.3 Å². The number of ether oxygens (including phenoxy) is 3. The molecule has 0 radical (unpaired) electrons. The smallest absolute Gasteiger partial charge is 0.320 e. The van der Waals surface area contributed by atoms with Crippen molar-refractivity contribution in [3.63, 3.8) is 0 Å². The van der Waals surface area contributed by atoms with Crippen LogP contribution in [-0.2, 0) is 0 Å². The zero-order chi connectivity index (χ0) is 25.0. The summed E-state index contributed by atoms with van der Waals surface area (Å²) in [6.45, 7) is 7.86. The first-order valence-electron chi connectivity index (χ1n) is 12.4. The number of aromatic hydroxyl groups is 2. The molecule has 8 nitrogen and oxygen atoms in total. The number of hydrogen-bond donors (Lipinski definition) is 2. The standard InChI is InChI=1S/C27H35N3O5/c1-4-7-14-33-19-10-12-21(23(31)17-19)25-28-26(30-27(29-25)35-16-9-6-3)22-13-11-20(18-24(22)32)34-15-8-5-2/h10-13,17-18,31-32H,4-9,14-16H2,1-3H3. The summed E-state index contributed by atoms with van der Waals surface area (Å²) in [5, 5.41) is 21.3. The van der Waals surface area contributed by atoms with E-state index in [1.54, 1.807) is 36.4 Å². The molecule has 8 heteroatoms. The number of benzene rings is 2. The van der Waals surface area contributed by atoms with Gasteiger partial charge in [-0.3, -0.25) is 0 Å². The molecule has 3 rings (SSSR count). The normalized spacial score (nSPS) is 10.8. The summed E-state index contributed by atoms with van der Waals surface area (Å²) in [7, 11) is 0. The van der Waals surface area contributed by atoms with Crippen molar-refractivity contribution in [1.29, 1.82) is 0 Å². The molecule has 0 bridgehead atoms. The van der Waals surface area contributed by atoms with Gasteiger partial charge >= 0.3 is 6.01 Å². The van der Waals surface area contributed by atoms with Crippen molar-refractivity contribution >= 4 is 0 Å². The number of phenols is 2. The predicted molar refractivity (Wildman–Crippen MR) is 135 cm³/mol. The summed E-state index contributed by atoms with van der Waals surface area (Å²) >= 11 is 0. The van der Waals surface area contributed by atoms with Gasteiger partial charge in [-0.15, -0.1) is 0 Å². The molecule has 2 N–H and O–H groups in total. The Morgan fingerprint density at radius 1 is 0.600 bits per heavy atom. The molecule has 1 aromatic heterocycles. The largest absolute Gasteiger partial charge is 0.507 e. The molecular formula is C27H35N3O5. The van der Waals surface area contributed by atoms with Crippen molar-refractivity contribution in [2.24, 2.45) is 0 Å². The van der Waals surface area contributed by atoms with Gasteiger partial charge in [0, 0.05) is 12.1 Å². The molecule has 2 aromatic carbocycles. The van der Waals surface area contributed by atoms with Crippen molar-refractivity contribution in [2.75, 3.05) is 19.8 Å². The van der Waals surface area contributed by atoms with E-state index in [0.29, 0.717) is 42.4 Å². The molecule has 0 aliphatic carbocycles. The molecule has 0 saturated carbocycles. The van der Waals surface area contributed by atoms with Gasteiger partial charge in [0.1, 0.15) is 23.0 Å². The first kappa shape index (κ1) is 26.1. The highest BCUT2D eigenvalue weighted by Crippen LogP contribution is 2.35. The van der Waals surface area contributed by atoms with Gasteiger partial charge in [0.25, 0.3) is 0 Å². The van der Waals surface area contributed by atoms with Crippen molar-refractivity contribution in [2.45, 2.75) is 59.3 Å². The average Bonchev–Trinajstić information content (AvgIpc) is 2.84. The molecule has 0 spiro atoms. The number of phenolic OH excluding ortho intramolecular Hbond substituents is 2. The molecule has 0 aliphatic rings. The summed E-state index contributed by atoms with van der Waals surface area (Å²) in [6, 6.07) is 10.2. The zero-order valence-corrected chi connectivity index (χ0v) is 20.8. The van der Waals surface area contributed by atoms with Gasteiger partial charge in [-0.1, -0.05) is 40.0 Å². The Kier molecular flexibility index (Phi) is 9.95. The highest BCUT2D eigenvalue weighted by molar-refractivity contribution is 5.70. The molecule has 1 heterocycles. The Labute approximate surface area is 207 Å². The molecule has 188 valence electrons. The summed E-state index contributed by atoms with van der Waals surface area (Å²) in [5.41, 5.74) is 0.826. The maximum atomic E-state index is 10.7. The first-order chi connectivity index (χ1) is 17.0. The van der Waals surface area contributed by atoms with Crippen LogP contribution in [-0.4, -0.2) is 45.0 Å². The summed E-state index contributed by atoms with van der Waals surface area (Å²) in [4.78, 5) is 13.4. The Morgan fingerprint density at radius 3 is 1.43 bits per heavy atom. The second kappa shape index (κ2) is 13.4. The van der Waals surface area contributed by atoms with Gasteiger partial charge in [-0.2, -0.15) is 9.97 Å². The fourth-order valence-electron chi connectivity index (χ4n) is 3.22. The van der Waals surface area contributed by atoms with Crippen LogP contribution < -0.4 is 14.2 Å².